The Morgan fingerprint density at radius 2 is 1.90 bits per heavy atom. The molecule has 4 rings (SSSR count). The number of hydrogen-bond acceptors (Lipinski definition) is 7. The minimum absolute atomic E-state index is 0.279. The van der Waals surface area contributed by atoms with E-state index in [1.807, 2.05) is 41.8 Å². The highest BCUT2D eigenvalue weighted by Crippen LogP contribution is 2.25. The second kappa shape index (κ2) is 7.90. The number of aromatic nitrogens is 4. The molecule has 0 saturated heterocycles. The molecule has 0 radical (unpaired) electrons. The van der Waals surface area contributed by atoms with Gasteiger partial charge in [-0.3, -0.25) is 4.57 Å². The molecule has 0 amide bonds. The topological polar surface area (TPSA) is 105 Å². The van der Waals surface area contributed by atoms with Gasteiger partial charge >= 0.3 is 7.12 Å². The van der Waals surface area contributed by atoms with Crippen molar-refractivity contribution in [1.82, 2.24) is 19.7 Å². The summed E-state index contributed by atoms with van der Waals surface area (Å²) >= 11 is 0. The van der Waals surface area contributed by atoms with Gasteiger partial charge in [0.2, 0.25) is 0 Å². The highest BCUT2D eigenvalue weighted by Gasteiger charge is 2.15. The van der Waals surface area contributed by atoms with E-state index in [9.17, 15) is 10.0 Å². The number of benzene rings is 2. The van der Waals surface area contributed by atoms with Crippen molar-refractivity contribution in [2.45, 2.75) is 13.5 Å². The Kier molecular flexibility index (Phi) is 5.15. The maximum atomic E-state index is 9.35. The zero-order chi connectivity index (χ0) is 20.4. The fourth-order valence-corrected chi connectivity index (χ4v) is 3.26. The lowest BCUT2D eigenvalue weighted by Gasteiger charge is -2.12. The molecule has 2 aromatic carbocycles. The highest BCUT2D eigenvalue weighted by molar-refractivity contribution is 6.58. The largest absolute Gasteiger partial charge is 0.488 e. The van der Waals surface area contributed by atoms with Crippen LogP contribution in [0.15, 0.2) is 54.6 Å². The molecule has 0 aliphatic carbocycles. The molecular weight excluding hydrogens is 369 g/mol. The summed E-state index contributed by atoms with van der Waals surface area (Å²) in [6, 6.07) is 17.1. The van der Waals surface area contributed by atoms with Crippen LogP contribution in [0.1, 0.15) is 11.3 Å². The van der Waals surface area contributed by atoms with Gasteiger partial charge in [0.1, 0.15) is 0 Å². The number of rotatable bonds is 6. The van der Waals surface area contributed by atoms with E-state index >= 15 is 0 Å². The smallest absolute Gasteiger partial charge is 0.477 e. The Morgan fingerprint density at radius 1 is 1.07 bits per heavy atom. The van der Waals surface area contributed by atoms with Gasteiger partial charge in [-0.25, -0.2) is 0 Å². The molecule has 8 nitrogen and oxygen atoms in total. The Bertz CT molecular complexity index is 1160. The lowest BCUT2D eigenvalue weighted by Crippen LogP contribution is -2.30. The van der Waals surface area contributed by atoms with E-state index < -0.39 is 7.12 Å². The van der Waals surface area contributed by atoms with Crippen LogP contribution in [0.4, 0.5) is 5.82 Å². The first-order valence-electron chi connectivity index (χ1n) is 9.12. The minimum Gasteiger partial charge on any atom is -0.477 e. The number of nitrogens with one attached hydrogen (secondary N) is 1. The Balaban J connectivity index is 1.67. The number of nitrogens with zero attached hydrogens (tertiary/aromatic N) is 4. The number of para-hydroxylation sites is 1. The molecule has 0 saturated carbocycles. The molecule has 9 heteroatoms. The van der Waals surface area contributed by atoms with Crippen molar-refractivity contribution in [3.05, 3.63) is 65.9 Å². The van der Waals surface area contributed by atoms with Crippen LogP contribution in [0.2, 0.25) is 0 Å². The van der Waals surface area contributed by atoms with E-state index in [1.54, 1.807) is 18.2 Å². The van der Waals surface area contributed by atoms with Gasteiger partial charge in [-0.1, -0.05) is 42.5 Å². The number of hydrogen-bond donors (Lipinski definition) is 3. The van der Waals surface area contributed by atoms with Gasteiger partial charge in [0.15, 0.2) is 5.82 Å². The van der Waals surface area contributed by atoms with E-state index in [4.69, 9.17) is 4.74 Å². The standard InChI is InChI=1S/C20H20BN5O3/c1-13-10-15-7-3-4-9-17(15)26(13)20-23-18(19(29-2)24-25-20)22-12-14-6-5-8-16(11-14)21(27)28/h3-11,27-28H,12H2,1-2H3,(H,22,23,25). The van der Waals surface area contributed by atoms with Crippen LogP contribution in [0.3, 0.4) is 0 Å². The molecule has 2 aromatic heterocycles. The molecule has 0 aliphatic rings. The van der Waals surface area contributed by atoms with Crippen molar-refractivity contribution in [3.8, 4) is 11.8 Å². The summed E-state index contributed by atoms with van der Waals surface area (Å²) in [6.07, 6.45) is 0. The van der Waals surface area contributed by atoms with Gasteiger partial charge in [0.25, 0.3) is 11.8 Å². The minimum atomic E-state index is -1.51. The number of ether oxygens (including phenoxy) is 1. The fraction of sp³-hybridized carbons (Fsp3) is 0.150. The van der Waals surface area contributed by atoms with Crippen molar-refractivity contribution in [2.75, 3.05) is 12.4 Å². The third-order valence-corrected chi connectivity index (χ3v) is 4.64. The Morgan fingerprint density at radius 3 is 2.69 bits per heavy atom. The van der Waals surface area contributed by atoms with Gasteiger partial charge in [-0.15, -0.1) is 10.2 Å². The van der Waals surface area contributed by atoms with Crippen LogP contribution in [0.5, 0.6) is 5.88 Å². The third-order valence-electron chi connectivity index (χ3n) is 4.64. The maximum Gasteiger partial charge on any atom is 0.488 e. The fourth-order valence-electron chi connectivity index (χ4n) is 3.26. The van der Waals surface area contributed by atoms with E-state index in [0.717, 1.165) is 22.2 Å². The van der Waals surface area contributed by atoms with Crippen LogP contribution < -0.4 is 15.5 Å². The summed E-state index contributed by atoms with van der Waals surface area (Å²) in [7, 11) is -0.00270. The van der Waals surface area contributed by atoms with E-state index in [0.29, 0.717) is 23.8 Å². The van der Waals surface area contributed by atoms with Crippen LogP contribution in [-0.4, -0.2) is 44.0 Å². The average Bonchev–Trinajstić information content (AvgIpc) is 3.08. The highest BCUT2D eigenvalue weighted by atomic mass is 16.5. The zero-order valence-corrected chi connectivity index (χ0v) is 16.1. The van der Waals surface area contributed by atoms with E-state index in [1.165, 1.54) is 7.11 Å². The quantitative estimate of drug-likeness (QED) is 0.429. The average molecular weight is 389 g/mol. The molecule has 0 unspecified atom stereocenters. The predicted molar refractivity (Wildman–Crippen MR) is 112 cm³/mol. The first kappa shape index (κ1) is 18.9. The number of methoxy groups -OCH3 is 1. The third kappa shape index (κ3) is 3.78. The van der Waals surface area contributed by atoms with Crippen LogP contribution in [-0.2, 0) is 6.54 Å². The first-order chi connectivity index (χ1) is 14.1. The van der Waals surface area contributed by atoms with Gasteiger partial charge in [-0.2, -0.15) is 4.98 Å². The molecule has 146 valence electrons. The Labute approximate surface area is 168 Å². The molecule has 29 heavy (non-hydrogen) atoms. The van der Waals surface area contributed by atoms with Crippen LogP contribution in [0.25, 0.3) is 16.9 Å². The van der Waals surface area contributed by atoms with Crippen LogP contribution >= 0.6 is 0 Å². The van der Waals surface area contributed by atoms with Gasteiger partial charge in [-0.05, 0) is 30.1 Å². The molecule has 0 fully saturated rings. The predicted octanol–water partition coefficient (Wildman–Crippen LogP) is 1.42. The molecule has 3 N–H and O–H groups in total. The second-order valence-corrected chi connectivity index (χ2v) is 6.62. The monoisotopic (exact) mass is 389 g/mol. The van der Waals surface area contributed by atoms with Crippen molar-refractivity contribution >= 4 is 29.3 Å². The summed E-state index contributed by atoms with van der Waals surface area (Å²) in [5, 5.41) is 31.4. The summed E-state index contributed by atoms with van der Waals surface area (Å²) in [5.74, 6) is 1.16. The maximum absolute atomic E-state index is 9.35. The van der Waals surface area contributed by atoms with Crippen molar-refractivity contribution < 1.29 is 14.8 Å². The molecule has 0 atom stereocenters. The first-order valence-corrected chi connectivity index (χ1v) is 9.12. The lowest BCUT2D eigenvalue weighted by atomic mass is 9.80. The SMILES string of the molecule is COc1nnc(-n2c(C)cc3ccccc32)nc1NCc1cccc(B(O)O)c1. The molecule has 4 aromatic rings. The van der Waals surface area contributed by atoms with Gasteiger partial charge in [0, 0.05) is 17.6 Å². The molecule has 0 spiro atoms. The Hall–Kier alpha value is -3.43. The summed E-state index contributed by atoms with van der Waals surface area (Å²) in [4.78, 5) is 4.62. The van der Waals surface area contributed by atoms with Gasteiger partial charge in [0.05, 0.1) is 12.6 Å². The van der Waals surface area contributed by atoms with Crippen LogP contribution in [0, 0.1) is 6.92 Å². The van der Waals surface area contributed by atoms with E-state index in [2.05, 4.69) is 26.6 Å². The second-order valence-electron chi connectivity index (χ2n) is 6.62. The molecule has 2 heterocycles. The van der Waals surface area contributed by atoms with E-state index in [-0.39, 0.29) is 5.88 Å². The van der Waals surface area contributed by atoms with Gasteiger partial charge < -0.3 is 20.1 Å². The molecular formula is C20H20BN5O3. The summed E-state index contributed by atoms with van der Waals surface area (Å²) in [5.41, 5.74) is 3.27. The number of anilines is 1. The normalized spacial score (nSPS) is 10.9. The molecule has 0 bridgehead atoms. The number of fused-ring (bicyclic) bond motifs is 1. The lowest BCUT2D eigenvalue weighted by molar-refractivity contribution is 0.391. The molecule has 0 aliphatic heterocycles. The van der Waals surface area contributed by atoms with Crippen molar-refractivity contribution in [2.24, 2.45) is 0 Å². The van der Waals surface area contributed by atoms with Crippen molar-refractivity contribution in [1.29, 1.82) is 0 Å². The summed E-state index contributed by atoms with van der Waals surface area (Å²) < 4.78 is 7.24. The number of aryl methyl sites for hydroxylation is 1. The zero-order valence-electron chi connectivity index (χ0n) is 16.1. The summed E-state index contributed by atoms with van der Waals surface area (Å²) in [6.45, 7) is 2.40. The van der Waals surface area contributed by atoms with Crippen molar-refractivity contribution in [3.63, 3.8) is 0 Å².